The van der Waals surface area contributed by atoms with Crippen LogP contribution in [0.15, 0.2) is 71.1 Å². The van der Waals surface area contributed by atoms with Gasteiger partial charge in [-0.2, -0.15) is 0 Å². The lowest BCUT2D eigenvalue weighted by atomic mass is 10.2. The van der Waals surface area contributed by atoms with E-state index in [1.165, 1.54) is 0 Å². The fourth-order valence-corrected chi connectivity index (χ4v) is 2.41. The van der Waals surface area contributed by atoms with Gasteiger partial charge in [0.05, 0.1) is 12.2 Å². The molecule has 0 saturated carbocycles. The van der Waals surface area contributed by atoms with Crippen LogP contribution >= 0.6 is 22.6 Å². The van der Waals surface area contributed by atoms with Crippen molar-refractivity contribution in [3.8, 4) is 11.5 Å². The van der Waals surface area contributed by atoms with Crippen LogP contribution in [0.1, 0.15) is 5.76 Å². The van der Waals surface area contributed by atoms with Gasteiger partial charge in [-0.25, -0.2) is 0 Å². The molecule has 0 fully saturated rings. The van der Waals surface area contributed by atoms with Gasteiger partial charge in [-0.05, 0) is 59.0 Å². The van der Waals surface area contributed by atoms with Crippen molar-refractivity contribution in [3.05, 3.63) is 76.3 Å². The molecule has 0 radical (unpaired) electrons. The lowest BCUT2D eigenvalue weighted by molar-refractivity contribution is 0.480. The summed E-state index contributed by atoms with van der Waals surface area (Å²) in [6.07, 6.45) is 0. The summed E-state index contributed by atoms with van der Waals surface area (Å²) in [5.41, 5.74) is 0.938. The molecule has 3 nitrogen and oxygen atoms in total. The minimum Gasteiger partial charge on any atom is -0.455 e. The topological polar surface area (TPSA) is 34.4 Å². The zero-order valence-corrected chi connectivity index (χ0v) is 13.4. The molecule has 0 aliphatic heterocycles. The fourth-order valence-electron chi connectivity index (χ4n) is 1.95. The molecule has 0 bridgehead atoms. The normalized spacial score (nSPS) is 10.3. The molecule has 0 saturated heterocycles. The van der Waals surface area contributed by atoms with Crippen LogP contribution in [0.2, 0.25) is 0 Å². The van der Waals surface area contributed by atoms with E-state index in [1.54, 1.807) is 0 Å². The van der Waals surface area contributed by atoms with E-state index < -0.39 is 0 Å². The predicted octanol–water partition coefficient (Wildman–Crippen LogP) is 5.29. The highest BCUT2D eigenvalue weighted by Crippen LogP contribution is 2.29. The van der Waals surface area contributed by atoms with Gasteiger partial charge in [0.15, 0.2) is 9.52 Å². The van der Waals surface area contributed by atoms with Crippen LogP contribution in [0.5, 0.6) is 11.5 Å². The first-order chi connectivity index (χ1) is 10.3. The van der Waals surface area contributed by atoms with Gasteiger partial charge in [0, 0.05) is 0 Å². The van der Waals surface area contributed by atoms with Gasteiger partial charge in [-0.15, -0.1) is 0 Å². The highest BCUT2D eigenvalue weighted by molar-refractivity contribution is 14.1. The molecule has 1 N–H and O–H groups in total. The van der Waals surface area contributed by atoms with E-state index in [4.69, 9.17) is 9.15 Å². The van der Waals surface area contributed by atoms with E-state index in [0.29, 0.717) is 6.54 Å². The lowest BCUT2D eigenvalue weighted by Crippen LogP contribution is -2.00. The van der Waals surface area contributed by atoms with Crippen LogP contribution in [0.4, 0.5) is 5.69 Å². The van der Waals surface area contributed by atoms with Crippen molar-refractivity contribution < 1.29 is 9.15 Å². The molecule has 0 unspecified atom stereocenters. The van der Waals surface area contributed by atoms with Crippen molar-refractivity contribution in [2.75, 3.05) is 5.32 Å². The number of benzene rings is 2. The molecule has 1 heterocycles. The van der Waals surface area contributed by atoms with Gasteiger partial charge in [-0.1, -0.05) is 30.3 Å². The molecule has 0 aliphatic rings. The lowest BCUT2D eigenvalue weighted by Gasteiger charge is -2.12. The number of furan rings is 1. The molecule has 0 spiro atoms. The van der Waals surface area contributed by atoms with Crippen LogP contribution < -0.4 is 10.1 Å². The summed E-state index contributed by atoms with van der Waals surface area (Å²) in [4.78, 5) is 0. The largest absolute Gasteiger partial charge is 0.455 e. The second-order valence-corrected chi connectivity index (χ2v) is 5.53. The Bertz CT molecular complexity index is 710. The van der Waals surface area contributed by atoms with Gasteiger partial charge in [0.25, 0.3) is 0 Å². The predicted molar refractivity (Wildman–Crippen MR) is 91.7 cm³/mol. The molecule has 0 aliphatic carbocycles. The van der Waals surface area contributed by atoms with E-state index in [2.05, 4.69) is 27.9 Å². The van der Waals surface area contributed by atoms with E-state index >= 15 is 0 Å². The maximum atomic E-state index is 5.91. The number of hydrogen-bond acceptors (Lipinski definition) is 3. The maximum Gasteiger partial charge on any atom is 0.164 e. The molecule has 4 heteroatoms. The standard InChI is InChI=1S/C17H14INO2/c18-17-11-10-14(21-17)12-19-15-8-4-5-9-16(15)20-13-6-2-1-3-7-13/h1-11,19H,12H2. The Labute approximate surface area is 137 Å². The Morgan fingerprint density at radius 2 is 1.67 bits per heavy atom. The number of halogens is 1. The number of para-hydroxylation sites is 3. The molecule has 3 aromatic rings. The van der Waals surface area contributed by atoms with Gasteiger partial charge in [0.1, 0.15) is 11.5 Å². The first-order valence-corrected chi connectivity index (χ1v) is 7.69. The van der Waals surface area contributed by atoms with Crippen LogP contribution in [0.25, 0.3) is 0 Å². The minimum absolute atomic E-state index is 0.623. The second kappa shape index (κ2) is 6.67. The summed E-state index contributed by atoms with van der Waals surface area (Å²) in [6, 6.07) is 21.5. The SMILES string of the molecule is Ic1ccc(CNc2ccccc2Oc2ccccc2)o1. The Kier molecular flexibility index (Phi) is 4.45. The average molecular weight is 391 g/mol. The summed E-state index contributed by atoms with van der Waals surface area (Å²) < 4.78 is 12.3. The van der Waals surface area contributed by atoms with E-state index in [1.807, 2.05) is 66.7 Å². The van der Waals surface area contributed by atoms with Crippen LogP contribution in [-0.2, 0) is 6.54 Å². The third-order valence-corrected chi connectivity index (χ3v) is 3.52. The quantitative estimate of drug-likeness (QED) is 0.601. The number of rotatable bonds is 5. The van der Waals surface area contributed by atoms with Crippen LogP contribution in [0, 0.1) is 3.77 Å². The van der Waals surface area contributed by atoms with Crippen molar-refractivity contribution in [1.82, 2.24) is 0 Å². The van der Waals surface area contributed by atoms with Gasteiger partial charge >= 0.3 is 0 Å². The minimum atomic E-state index is 0.623. The smallest absolute Gasteiger partial charge is 0.164 e. The van der Waals surface area contributed by atoms with Gasteiger partial charge in [-0.3, -0.25) is 0 Å². The molecule has 3 rings (SSSR count). The van der Waals surface area contributed by atoms with Crippen LogP contribution in [0.3, 0.4) is 0 Å². The molecule has 106 valence electrons. The number of anilines is 1. The number of hydrogen-bond donors (Lipinski definition) is 1. The summed E-state index contributed by atoms with van der Waals surface area (Å²) in [5.74, 6) is 2.51. The molecule has 1 aromatic heterocycles. The van der Waals surface area contributed by atoms with Gasteiger partial charge in [0.2, 0.25) is 0 Å². The Balaban J connectivity index is 1.73. The van der Waals surface area contributed by atoms with Crippen LogP contribution in [-0.4, -0.2) is 0 Å². The second-order valence-electron chi connectivity index (χ2n) is 4.47. The van der Waals surface area contributed by atoms with E-state index in [9.17, 15) is 0 Å². The van der Waals surface area contributed by atoms with Gasteiger partial charge < -0.3 is 14.5 Å². The Morgan fingerprint density at radius 1 is 0.905 bits per heavy atom. The molecule has 0 amide bonds. The highest BCUT2D eigenvalue weighted by atomic mass is 127. The van der Waals surface area contributed by atoms with Crippen molar-refractivity contribution >= 4 is 28.3 Å². The molecule has 0 atom stereocenters. The number of ether oxygens (including phenoxy) is 1. The average Bonchev–Trinajstić information content (AvgIpc) is 2.93. The maximum absolute atomic E-state index is 5.91. The molecule has 21 heavy (non-hydrogen) atoms. The summed E-state index contributed by atoms with van der Waals surface area (Å²) in [5, 5.41) is 3.34. The Hall–Kier alpha value is -1.95. The molecule has 2 aromatic carbocycles. The Morgan fingerprint density at radius 3 is 2.43 bits per heavy atom. The third kappa shape index (κ3) is 3.78. The highest BCUT2D eigenvalue weighted by Gasteiger charge is 2.05. The van der Waals surface area contributed by atoms with E-state index in [0.717, 1.165) is 26.7 Å². The third-order valence-electron chi connectivity index (χ3n) is 2.94. The van der Waals surface area contributed by atoms with Crippen molar-refractivity contribution in [1.29, 1.82) is 0 Å². The molecular formula is C17H14INO2. The molecular weight excluding hydrogens is 377 g/mol. The van der Waals surface area contributed by atoms with E-state index in [-0.39, 0.29) is 0 Å². The summed E-state index contributed by atoms with van der Waals surface area (Å²) in [7, 11) is 0. The summed E-state index contributed by atoms with van der Waals surface area (Å²) >= 11 is 2.16. The zero-order valence-electron chi connectivity index (χ0n) is 11.3. The van der Waals surface area contributed by atoms with Crippen molar-refractivity contribution in [2.45, 2.75) is 6.54 Å². The summed E-state index contributed by atoms with van der Waals surface area (Å²) in [6.45, 7) is 0.623. The monoisotopic (exact) mass is 391 g/mol. The first kappa shape index (κ1) is 14.0. The fraction of sp³-hybridized carbons (Fsp3) is 0.0588. The number of nitrogens with one attached hydrogen (secondary N) is 1. The van der Waals surface area contributed by atoms with Crippen molar-refractivity contribution in [2.24, 2.45) is 0 Å². The first-order valence-electron chi connectivity index (χ1n) is 6.61. The van der Waals surface area contributed by atoms with Crippen molar-refractivity contribution in [3.63, 3.8) is 0 Å². The zero-order chi connectivity index (χ0) is 14.5.